The summed E-state index contributed by atoms with van der Waals surface area (Å²) < 4.78 is 18.1. The number of aliphatic hydroxyl groups excluding tert-OH is 2. The van der Waals surface area contributed by atoms with E-state index in [9.17, 15) is 44.7 Å². The summed E-state index contributed by atoms with van der Waals surface area (Å²) in [5.74, 6) is 4.49. The Morgan fingerprint density at radius 2 is 0.810 bits per heavy atom. The molecule has 0 radical (unpaired) electrons. The lowest BCUT2D eigenvalue weighted by molar-refractivity contribution is -0.127. The number of hydrogen-bond acceptors (Lipinski definition) is 31. The van der Waals surface area contributed by atoms with E-state index in [2.05, 4.69) is 112 Å². The Labute approximate surface area is 857 Å². The van der Waals surface area contributed by atoms with Crippen LogP contribution in [0.1, 0.15) is 77.6 Å². The van der Waals surface area contributed by atoms with E-state index >= 15 is 0 Å². The summed E-state index contributed by atoms with van der Waals surface area (Å²) in [5, 5.41) is 59.7. The molecule has 14 heterocycles. The second-order valence-corrected chi connectivity index (χ2v) is 38.6. The molecule has 0 saturated carbocycles. The van der Waals surface area contributed by atoms with Crippen molar-refractivity contribution in [3.05, 3.63) is 247 Å². The van der Waals surface area contributed by atoms with Crippen molar-refractivity contribution in [2.45, 2.75) is 96.6 Å². The lowest BCUT2D eigenvalue weighted by atomic mass is 10.0. The second-order valence-electron chi connectivity index (χ2n) is 38.6. The standard InChI is InChI=1S/C31H38N6O3.C29H36N6O4.C28H33N5O4.C24H26N6O/c1-2-29(39)35-14-16-36(17-15-35)30-26-10-13-37(28-21-24(38)20-23-8-4-5-9-25(23)28)22-27(26)32-31(33-30)40-19-18-34-11-6-3-7-12-34;1-4-27(38)33-11-13-34(14-12-33)28-24-9-10-35(26-16-22(37)15-20-7-5-6-8-23(20)26)17-25(24)30-29(31-28)39-19-21(18-36)32(2)3;1-3-13-37-28-29-24-17-31(25-15-21(35)14-19-7-5-6-8-22(19)25)10-9-23(24)27(30-28)33-12-11-32(26(36)4-2)16-20(33)18-34;1-2-23(31)29-13-11-28(12-14-29)21-7-9-26-20-16-30(10-8-19(20)21)24-18-6-4-3-5-17(18)15-22(25)27-24/h2,4-5,8-9,20-21,38H,1,3,6-7,10-19,22H2;4-8,15-16,21,36-37H,1,9-14,17-19H2,2-3H3;4-8,14-15,20,34-35H,2-3,9-13,16-18H2,1H3;2-7,9,15H,1,8,10-14,16H2,(H2,25,27). The summed E-state index contributed by atoms with van der Waals surface area (Å²) in [5.41, 5.74) is 18.6. The molecule has 147 heavy (non-hydrogen) atoms. The zero-order valence-corrected chi connectivity index (χ0v) is 84.3. The molecule has 2 unspecified atom stereocenters. The number of ether oxygens (including phenoxy) is 3. The fraction of sp³-hybridized carbons (Fsp3) is 0.393. The van der Waals surface area contributed by atoms with Gasteiger partial charge in [-0.1, -0.05) is 137 Å². The summed E-state index contributed by atoms with van der Waals surface area (Å²) in [6.07, 6.45) is 15.1. The average molecular weight is 1990 g/mol. The molecule has 12 aromatic rings. The maximum Gasteiger partial charge on any atom is 0.318 e. The molecule has 7 aromatic carbocycles. The van der Waals surface area contributed by atoms with Crippen LogP contribution in [0.25, 0.3) is 43.1 Å². The van der Waals surface area contributed by atoms with Crippen molar-refractivity contribution in [1.29, 1.82) is 0 Å². The first-order chi connectivity index (χ1) is 71.6. The third-order valence-corrected chi connectivity index (χ3v) is 29.3. The number of phenolic OH excluding ortho intramolecular Hbond substituents is 3. The number of carbonyl (C=O) groups excluding carboxylic acids is 4. The van der Waals surface area contributed by atoms with Gasteiger partial charge in [0.15, 0.2) is 0 Å². The third kappa shape index (κ3) is 23.4. The minimum Gasteiger partial charge on any atom is -0.508 e. The molecule has 0 bridgehead atoms. The number of aromatic nitrogens is 8. The van der Waals surface area contributed by atoms with E-state index in [-0.39, 0.29) is 78.8 Å². The van der Waals surface area contributed by atoms with Gasteiger partial charge in [-0.3, -0.25) is 29.1 Å². The highest BCUT2D eigenvalue weighted by Crippen LogP contribution is 2.43. The molecule has 5 aromatic heterocycles. The van der Waals surface area contributed by atoms with Crippen LogP contribution in [0.4, 0.5) is 51.8 Å². The van der Waals surface area contributed by atoms with Crippen LogP contribution in [-0.4, -0.2) is 322 Å². The molecule has 9 aliphatic heterocycles. The summed E-state index contributed by atoms with van der Waals surface area (Å²) >= 11 is 0. The monoisotopic (exact) mass is 1990 g/mol. The number of carbonyl (C=O) groups is 4. The van der Waals surface area contributed by atoms with Gasteiger partial charge in [-0.05, 0) is 148 Å². The number of piperidine rings is 1. The number of nitrogens with zero attached hydrogens (tertiary/aromatic N) is 22. The van der Waals surface area contributed by atoms with Crippen molar-refractivity contribution in [1.82, 2.24) is 69.3 Å². The maximum atomic E-state index is 12.2. The van der Waals surface area contributed by atoms with Gasteiger partial charge < -0.3 is 109 Å². The predicted molar refractivity (Wildman–Crippen MR) is 576 cm³/mol. The Balaban J connectivity index is 0.000000129. The Morgan fingerprint density at radius 3 is 1.27 bits per heavy atom. The van der Waals surface area contributed by atoms with Crippen molar-refractivity contribution in [3.8, 4) is 35.3 Å². The smallest absolute Gasteiger partial charge is 0.318 e. The Bertz CT molecular complexity index is 6800. The summed E-state index contributed by atoms with van der Waals surface area (Å²) in [7, 11) is 3.79. The molecule has 4 amide bonds. The molecule has 35 heteroatoms. The highest BCUT2D eigenvalue weighted by atomic mass is 16.5. The number of nitrogens with two attached hydrogens (primary N) is 1. The lowest BCUT2D eigenvalue weighted by Crippen LogP contribution is -2.56. The van der Waals surface area contributed by atoms with Crippen molar-refractivity contribution in [3.63, 3.8) is 0 Å². The van der Waals surface area contributed by atoms with Crippen LogP contribution in [0.2, 0.25) is 0 Å². The molecular formula is C112H133N23O12. The van der Waals surface area contributed by atoms with Gasteiger partial charge in [0.1, 0.15) is 59.6 Å². The first-order valence-electron chi connectivity index (χ1n) is 51.2. The van der Waals surface area contributed by atoms with E-state index < -0.39 is 0 Å². The van der Waals surface area contributed by atoms with Crippen LogP contribution in [-0.2, 0) is 71.0 Å². The maximum absolute atomic E-state index is 12.2. The number of pyridine rings is 2. The number of phenols is 3. The van der Waals surface area contributed by atoms with E-state index in [4.69, 9.17) is 54.8 Å². The molecule has 0 spiro atoms. The fourth-order valence-electron chi connectivity index (χ4n) is 21.3. The van der Waals surface area contributed by atoms with E-state index in [0.717, 1.165) is 207 Å². The van der Waals surface area contributed by atoms with Gasteiger partial charge in [0, 0.05) is 222 Å². The number of benzene rings is 7. The van der Waals surface area contributed by atoms with Gasteiger partial charge in [0.25, 0.3) is 0 Å². The molecular weight excluding hydrogens is 1860 g/mol. The third-order valence-electron chi connectivity index (χ3n) is 29.3. The van der Waals surface area contributed by atoms with Gasteiger partial charge in [-0.2, -0.15) is 29.9 Å². The Kier molecular flexibility index (Phi) is 32.5. The van der Waals surface area contributed by atoms with Gasteiger partial charge >= 0.3 is 18.0 Å². The van der Waals surface area contributed by atoms with Crippen LogP contribution in [0.5, 0.6) is 35.3 Å². The minimum atomic E-state index is -0.288. The summed E-state index contributed by atoms with van der Waals surface area (Å²) in [6, 6.07) is 47.9. The number of piperazine rings is 4. The highest BCUT2D eigenvalue weighted by Gasteiger charge is 2.38. The number of likely N-dealkylation sites (tertiary alicyclic amines) is 1. The first-order valence-corrected chi connectivity index (χ1v) is 51.2. The molecule has 0 aliphatic carbocycles. The SMILES string of the molecule is C=CC(=O)N1CCN(c2ccnc3c2CCN(c2nc(N)cc4ccccc24)C3)CC1.C=CC(=O)N1CCN(c2nc(OCC(CO)N(C)C)nc3c2CCN(c2cc(O)cc4ccccc24)C3)CC1.C=CC(=O)N1CCN(c2nc(OCCC)nc3c2CCN(c2cc(O)cc4ccccc24)C3)C(CO)C1.C=CC(=O)N1CCN(c2nc(OCCN3CCCCC3)nc3c2CCN(c2cc(O)cc4ccccc24)C3)CC1. The number of anilines is 9. The average Bonchev–Trinajstić information content (AvgIpc) is 0.765. The van der Waals surface area contributed by atoms with Crippen LogP contribution in [0.3, 0.4) is 0 Å². The quantitative estimate of drug-likeness (QED) is 0.0289. The number of aliphatic hydroxyl groups is 2. The van der Waals surface area contributed by atoms with Crippen molar-refractivity contribution < 1.29 is 58.9 Å². The number of rotatable bonds is 25. The number of hydrogen-bond donors (Lipinski definition) is 6. The minimum absolute atomic E-state index is 0.00825. The second kappa shape index (κ2) is 46.9. The first kappa shape index (κ1) is 102. The van der Waals surface area contributed by atoms with Crippen LogP contribution < -0.4 is 59.1 Å². The van der Waals surface area contributed by atoms with Gasteiger partial charge in [0.2, 0.25) is 23.6 Å². The van der Waals surface area contributed by atoms with E-state index in [1.807, 2.05) is 139 Å². The zero-order chi connectivity index (χ0) is 102. The molecule has 35 nitrogen and oxygen atoms in total. The van der Waals surface area contributed by atoms with E-state index in [0.29, 0.717) is 149 Å². The van der Waals surface area contributed by atoms with Crippen molar-refractivity contribution in [2.24, 2.45) is 0 Å². The van der Waals surface area contributed by atoms with Crippen LogP contribution in [0, 0.1) is 0 Å². The van der Waals surface area contributed by atoms with Gasteiger partial charge in [-0.15, -0.1) is 0 Å². The number of likely N-dealkylation sites (N-methyl/N-ethyl adjacent to an activating group) is 1. The molecule has 7 N–H and O–H groups in total. The molecule has 21 rings (SSSR count). The fourth-order valence-corrected chi connectivity index (χ4v) is 21.3. The molecule has 9 aliphatic rings. The van der Waals surface area contributed by atoms with Gasteiger partial charge in [0.05, 0.1) is 80.9 Å². The molecule has 2 atom stereocenters. The number of fused-ring (bicyclic) bond motifs is 8. The summed E-state index contributed by atoms with van der Waals surface area (Å²) in [4.78, 5) is 116. The van der Waals surface area contributed by atoms with Crippen LogP contribution in [0.15, 0.2) is 202 Å². The molecule has 5 saturated heterocycles. The zero-order valence-electron chi connectivity index (χ0n) is 84.3. The number of aromatic hydroxyl groups is 3. The number of nitrogen functional groups attached to an aromatic ring is 1. The largest absolute Gasteiger partial charge is 0.508 e. The molecule has 768 valence electrons. The van der Waals surface area contributed by atoms with E-state index in [1.165, 1.54) is 54.8 Å². The van der Waals surface area contributed by atoms with Crippen molar-refractivity contribution >= 4 is 119 Å². The van der Waals surface area contributed by atoms with Gasteiger partial charge in [-0.25, -0.2) is 4.98 Å². The predicted octanol–water partition coefficient (Wildman–Crippen LogP) is 11.1. The Morgan fingerprint density at radius 1 is 0.408 bits per heavy atom. The lowest BCUT2D eigenvalue weighted by Gasteiger charge is -2.42. The van der Waals surface area contributed by atoms with E-state index in [1.54, 1.807) is 21.9 Å². The summed E-state index contributed by atoms with van der Waals surface area (Å²) in [6.45, 7) is 36.0. The van der Waals surface area contributed by atoms with Crippen LogP contribution >= 0.6 is 0 Å². The number of amides is 4. The Hall–Kier alpha value is -15.2. The highest BCUT2D eigenvalue weighted by molar-refractivity contribution is 5.99. The molecule has 5 fully saturated rings. The van der Waals surface area contributed by atoms with Crippen molar-refractivity contribution in [2.75, 3.05) is 236 Å². The normalized spacial score (nSPS) is 17.1. The topological polar surface area (TPSA) is 372 Å².